The molecule has 0 saturated carbocycles. The Morgan fingerprint density at radius 3 is 2.56 bits per heavy atom. The lowest BCUT2D eigenvalue weighted by Gasteiger charge is -1.83. The van der Waals surface area contributed by atoms with Crippen LogP contribution in [-0.4, -0.2) is 5.24 Å². The average Bonchev–Trinajstić information content (AvgIpc) is 2.13. The Balaban J connectivity index is 3.08. The molecular weight excluding hydrogens is 223 g/mol. The van der Waals surface area contributed by atoms with Crippen molar-refractivity contribution in [3.63, 3.8) is 0 Å². The zero-order chi connectivity index (χ0) is 6.85. The summed E-state index contributed by atoms with van der Waals surface area (Å²) in [6.45, 7) is 0. The van der Waals surface area contributed by atoms with Crippen molar-refractivity contribution in [1.29, 1.82) is 0 Å². The van der Waals surface area contributed by atoms with Crippen LogP contribution in [0.4, 0.5) is 0 Å². The van der Waals surface area contributed by atoms with E-state index in [2.05, 4.69) is 15.9 Å². The maximum absolute atomic E-state index is 10.5. The molecule has 0 aliphatic rings. The average molecular weight is 225 g/mol. The first-order chi connectivity index (χ1) is 4.22. The minimum absolute atomic E-state index is 0.414. The van der Waals surface area contributed by atoms with Gasteiger partial charge < -0.3 is 0 Å². The fourth-order valence-corrected chi connectivity index (χ4v) is 2.21. The van der Waals surface area contributed by atoms with Crippen LogP contribution < -0.4 is 0 Å². The van der Waals surface area contributed by atoms with Crippen LogP contribution in [0.15, 0.2) is 15.2 Å². The van der Waals surface area contributed by atoms with Gasteiger partial charge in [0.05, 0.1) is 5.56 Å². The van der Waals surface area contributed by atoms with E-state index in [4.69, 9.17) is 11.6 Å². The maximum atomic E-state index is 10.5. The molecule has 0 unspecified atom stereocenters. The van der Waals surface area contributed by atoms with Crippen LogP contribution in [0, 0.1) is 0 Å². The summed E-state index contributed by atoms with van der Waals surface area (Å²) in [5, 5.41) is 3.11. The standard InChI is InChI=1S/C5H2BrClOS/c6-4-2-9-1-3(4)5(7)8/h1-2H. The van der Waals surface area contributed by atoms with Crippen LogP contribution in [0.2, 0.25) is 0 Å². The van der Waals surface area contributed by atoms with Crippen LogP contribution >= 0.6 is 38.9 Å². The topological polar surface area (TPSA) is 17.1 Å². The van der Waals surface area contributed by atoms with Crippen molar-refractivity contribution in [2.24, 2.45) is 0 Å². The lowest BCUT2D eigenvalue weighted by Crippen LogP contribution is -1.83. The van der Waals surface area contributed by atoms with Gasteiger partial charge in [-0.15, -0.1) is 0 Å². The number of thiophene rings is 1. The van der Waals surface area contributed by atoms with Crippen molar-refractivity contribution in [2.75, 3.05) is 0 Å². The van der Waals surface area contributed by atoms with E-state index in [9.17, 15) is 4.79 Å². The van der Waals surface area contributed by atoms with Gasteiger partial charge in [-0.1, -0.05) is 0 Å². The second-order valence-corrected chi connectivity index (χ2v) is 3.35. The van der Waals surface area contributed by atoms with Crippen LogP contribution in [-0.2, 0) is 0 Å². The van der Waals surface area contributed by atoms with Crippen molar-refractivity contribution >= 4 is 44.1 Å². The molecule has 0 aliphatic carbocycles. The van der Waals surface area contributed by atoms with Gasteiger partial charge in [0.1, 0.15) is 0 Å². The Bertz CT molecular complexity index is 233. The van der Waals surface area contributed by atoms with Crippen LogP contribution in [0.25, 0.3) is 0 Å². The highest BCUT2D eigenvalue weighted by molar-refractivity contribution is 9.10. The van der Waals surface area contributed by atoms with Gasteiger partial charge in [-0.25, -0.2) is 0 Å². The van der Waals surface area contributed by atoms with E-state index in [-0.39, 0.29) is 0 Å². The van der Waals surface area contributed by atoms with Gasteiger partial charge in [-0.05, 0) is 27.5 Å². The van der Waals surface area contributed by atoms with E-state index in [1.54, 1.807) is 5.38 Å². The fourth-order valence-electron chi connectivity index (χ4n) is 0.422. The Hall–Kier alpha value is 0.140. The van der Waals surface area contributed by atoms with Gasteiger partial charge >= 0.3 is 0 Å². The minimum atomic E-state index is -0.414. The van der Waals surface area contributed by atoms with E-state index in [0.29, 0.717) is 5.56 Å². The summed E-state index contributed by atoms with van der Waals surface area (Å²) in [5.74, 6) is 0. The molecule has 0 radical (unpaired) electrons. The number of hydrogen-bond donors (Lipinski definition) is 0. The Kier molecular flexibility index (Phi) is 2.27. The molecule has 0 aromatic carbocycles. The number of rotatable bonds is 1. The zero-order valence-electron chi connectivity index (χ0n) is 4.23. The van der Waals surface area contributed by atoms with Crippen molar-refractivity contribution in [3.8, 4) is 0 Å². The number of carbonyl (C=O) groups is 1. The van der Waals surface area contributed by atoms with Gasteiger partial charge in [0.15, 0.2) is 0 Å². The summed E-state index contributed by atoms with van der Waals surface area (Å²) in [6, 6.07) is 0. The first kappa shape index (κ1) is 7.25. The molecule has 0 bridgehead atoms. The predicted octanol–water partition coefficient (Wildman–Crippen LogP) is 2.89. The third kappa shape index (κ3) is 1.53. The highest BCUT2D eigenvalue weighted by atomic mass is 79.9. The first-order valence-corrected chi connectivity index (χ1v) is 4.24. The summed E-state index contributed by atoms with van der Waals surface area (Å²) in [7, 11) is 0. The Morgan fingerprint density at radius 2 is 2.33 bits per heavy atom. The van der Waals surface area contributed by atoms with Crippen LogP contribution in [0.1, 0.15) is 10.4 Å². The highest BCUT2D eigenvalue weighted by Crippen LogP contribution is 2.22. The highest BCUT2D eigenvalue weighted by Gasteiger charge is 2.05. The fraction of sp³-hybridized carbons (Fsp3) is 0. The molecule has 0 N–H and O–H groups in total. The van der Waals surface area contributed by atoms with Gasteiger partial charge in [0, 0.05) is 15.2 Å². The lowest BCUT2D eigenvalue weighted by atomic mass is 10.4. The van der Waals surface area contributed by atoms with Crippen LogP contribution in [0.5, 0.6) is 0 Å². The summed E-state index contributed by atoms with van der Waals surface area (Å²) >= 11 is 9.80. The monoisotopic (exact) mass is 224 g/mol. The lowest BCUT2D eigenvalue weighted by molar-refractivity contribution is 0.108. The third-order valence-corrected chi connectivity index (χ3v) is 2.73. The van der Waals surface area contributed by atoms with E-state index in [1.165, 1.54) is 11.3 Å². The quantitative estimate of drug-likeness (QED) is 0.672. The second kappa shape index (κ2) is 2.82. The molecule has 9 heavy (non-hydrogen) atoms. The van der Waals surface area contributed by atoms with Crippen molar-refractivity contribution in [3.05, 3.63) is 20.8 Å². The second-order valence-electron chi connectivity index (χ2n) is 1.41. The number of carbonyl (C=O) groups excluding carboxylic acids is 1. The predicted molar refractivity (Wildman–Crippen MR) is 42.2 cm³/mol. The van der Waals surface area contributed by atoms with Gasteiger partial charge in [-0.2, -0.15) is 11.3 Å². The molecule has 1 heterocycles. The molecule has 4 heteroatoms. The summed E-state index contributed by atoms with van der Waals surface area (Å²) in [6.07, 6.45) is 0. The maximum Gasteiger partial charge on any atom is 0.254 e. The van der Waals surface area contributed by atoms with E-state index in [0.717, 1.165) is 4.47 Å². The first-order valence-electron chi connectivity index (χ1n) is 2.13. The van der Waals surface area contributed by atoms with Crippen LogP contribution in [0.3, 0.4) is 0 Å². The summed E-state index contributed by atoms with van der Waals surface area (Å²) in [4.78, 5) is 10.5. The van der Waals surface area contributed by atoms with Gasteiger partial charge in [0.25, 0.3) is 5.24 Å². The minimum Gasteiger partial charge on any atom is -0.276 e. The molecule has 0 fully saturated rings. The Labute approximate surface area is 69.8 Å². The van der Waals surface area contributed by atoms with E-state index >= 15 is 0 Å². The molecule has 0 saturated heterocycles. The smallest absolute Gasteiger partial charge is 0.254 e. The van der Waals surface area contributed by atoms with Crippen molar-refractivity contribution in [2.45, 2.75) is 0 Å². The number of halogens is 2. The molecule has 1 aromatic rings. The summed E-state index contributed by atoms with van der Waals surface area (Å²) < 4.78 is 0.771. The molecule has 1 rings (SSSR count). The molecule has 48 valence electrons. The molecule has 0 aliphatic heterocycles. The molecule has 0 atom stereocenters. The molecule has 1 nitrogen and oxygen atoms in total. The van der Waals surface area contributed by atoms with Gasteiger partial charge in [0.2, 0.25) is 0 Å². The van der Waals surface area contributed by atoms with Gasteiger partial charge in [-0.3, -0.25) is 4.79 Å². The zero-order valence-corrected chi connectivity index (χ0v) is 7.39. The van der Waals surface area contributed by atoms with Crippen molar-refractivity contribution < 1.29 is 4.79 Å². The van der Waals surface area contributed by atoms with E-state index in [1.807, 2.05) is 5.38 Å². The molecular formula is C5H2BrClOS. The van der Waals surface area contributed by atoms with Crippen molar-refractivity contribution in [1.82, 2.24) is 0 Å². The molecule has 0 amide bonds. The summed E-state index contributed by atoms with van der Waals surface area (Å²) in [5.41, 5.74) is 0.543. The molecule has 0 spiro atoms. The SMILES string of the molecule is O=C(Cl)c1cscc1Br. The third-order valence-electron chi connectivity index (χ3n) is 0.826. The Morgan fingerprint density at radius 1 is 1.67 bits per heavy atom. The number of hydrogen-bond acceptors (Lipinski definition) is 2. The normalized spacial score (nSPS) is 9.56. The molecule has 1 aromatic heterocycles. The largest absolute Gasteiger partial charge is 0.276 e. The van der Waals surface area contributed by atoms with E-state index < -0.39 is 5.24 Å².